The summed E-state index contributed by atoms with van der Waals surface area (Å²) in [6, 6.07) is 4.77. The predicted octanol–water partition coefficient (Wildman–Crippen LogP) is 1.95. The van der Waals surface area contributed by atoms with Crippen molar-refractivity contribution in [2.75, 3.05) is 18.0 Å². The normalized spacial score (nSPS) is 22.5. The monoisotopic (exact) mass is 283 g/mol. The number of para-hydroxylation sites is 1. The maximum absolute atomic E-state index is 11.4. The number of nitrogens with two attached hydrogens (primary N) is 1. The van der Waals surface area contributed by atoms with E-state index in [0.717, 1.165) is 0 Å². The first-order valence-corrected chi connectivity index (χ1v) is 6.21. The van der Waals surface area contributed by atoms with Crippen molar-refractivity contribution in [2.24, 2.45) is 11.1 Å². The molecule has 0 radical (unpaired) electrons. The van der Waals surface area contributed by atoms with Gasteiger partial charge in [-0.2, -0.15) is 0 Å². The zero-order chi connectivity index (χ0) is 14.2. The summed E-state index contributed by atoms with van der Waals surface area (Å²) in [7, 11) is 0. The fourth-order valence-electron chi connectivity index (χ4n) is 2.31. The second-order valence-electron chi connectivity index (χ2n) is 4.96. The molecule has 1 aromatic carbocycles. The lowest BCUT2D eigenvalue weighted by Gasteiger charge is -2.22. The number of nitro groups is 1. The molecule has 1 aliphatic rings. The standard InChI is InChI=1S/C12H14ClN3O3/c1-12(11(14)17)5-6-15(7-12)9-4-2-3-8(13)10(9)16(18)19/h2-4H,5-7H2,1H3,(H2,14,17). The predicted molar refractivity (Wildman–Crippen MR) is 72.2 cm³/mol. The first kappa shape index (κ1) is 13.6. The summed E-state index contributed by atoms with van der Waals surface area (Å²) in [5, 5.41) is 11.2. The van der Waals surface area contributed by atoms with E-state index in [1.54, 1.807) is 24.0 Å². The Kier molecular flexibility index (Phi) is 3.36. The Morgan fingerprint density at radius 1 is 1.58 bits per heavy atom. The second-order valence-corrected chi connectivity index (χ2v) is 5.37. The van der Waals surface area contributed by atoms with E-state index >= 15 is 0 Å². The quantitative estimate of drug-likeness (QED) is 0.678. The summed E-state index contributed by atoms with van der Waals surface area (Å²) in [4.78, 5) is 23.8. The zero-order valence-corrected chi connectivity index (χ0v) is 11.2. The van der Waals surface area contributed by atoms with Crippen LogP contribution in [0.1, 0.15) is 13.3 Å². The average molecular weight is 284 g/mol. The Morgan fingerprint density at radius 3 is 2.79 bits per heavy atom. The molecule has 0 bridgehead atoms. The molecule has 1 saturated heterocycles. The number of amides is 1. The third-order valence-electron chi connectivity index (χ3n) is 3.56. The molecular weight excluding hydrogens is 270 g/mol. The van der Waals surface area contributed by atoms with Crippen molar-refractivity contribution in [3.63, 3.8) is 0 Å². The molecule has 1 aromatic rings. The Labute approximate surface area is 115 Å². The van der Waals surface area contributed by atoms with Crippen LogP contribution in [-0.2, 0) is 4.79 Å². The van der Waals surface area contributed by atoms with E-state index in [2.05, 4.69) is 0 Å². The van der Waals surface area contributed by atoms with E-state index in [4.69, 9.17) is 17.3 Å². The SMILES string of the molecule is CC1(C(N)=O)CCN(c2cccc(Cl)c2[N+](=O)[O-])C1. The van der Waals surface area contributed by atoms with Crippen molar-refractivity contribution in [2.45, 2.75) is 13.3 Å². The van der Waals surface area contributed by atoms with Gasteiger partial charge in [-0.05, 0) is 25.5 Å². The van der Waals surface area contributed by atoms with E-state index in [0.29, 0.717) is 25.2 Å². The van der Waals surface area contributed by atoms with Gasteiger partial charge in [-0.25, -0.2) is 0 Å². The van der Waals surface area contributed by atoms with Gasteiger partial charge in [-0.3, -0.25) is 14.9 Å². The molecule has 0 aromatic heterocycles. The molecule has 1 atom stereocenters. The molecule has 1 heterocycles. The minimum atomic E-state index is -0.657. The fraction of sp³-hybridized carbons (Fsp3) is 0.417. The van der Waals surface area contributed by atoms with Crippen molar-refractivity contribution in [3.05, 3.63) is 33.3 Å². The highest BCUT2D eigenvalue weighted by Gasteiger charge is 2.40. The van der Waals surface area contributed by atoms with Gasteiger partial charge in [0.15, 0.2) is 0 Å². The second kappa shape index (κ2) is 4.70. The lowest BCUT2D eigenvalue weighted by atomic mass is 9.89. The number of benzene rings is 1. The smallest absolute Gasteiger partial charge is 0.310 e. The Hall–Kier alpha value is -1.82. The number of nitrogens with zero attached hydrogens (tertiary/aromatic N) is 2. The van der Waals surface area contributed by atoms with Gasteiger partial charge < -0.3 is 10.6 Å². The molecule has 1 aliphatic heterocycles. The lowest BCUT2D eigenvalue weighted by Crippen LogP contribution is -2.37. The Morgan fingerprint density at radius 2 is 2.26 bits per heavy atom. The van der Waals surface area contributed by atoms with Crippen LogP contribution in [0.15, 0.2) is 18.2 Å². The third kappa shape index (κ3) is 2.35. The van der Waals surface area contributed by atoms with Gasteiger partial charge in [0.1, 0.15) is 10.7 Å². The number of carbonyl (C=O) groups excluding carboxylic acids is 1. The topological polar surface area (TPSA) is 89.5 Å². The fourth-order valence-corrected chi connectivity index (χ4v) is 2.55. The van der Waals surface area contributed by atoms with Crippen LogP contribution < -0.4 is 10.6 Å². The van der Waals surface area contributed by atoms with Crippen LogP contribution in [0.4, 0.5) is 11.4 Å². The Balaban J connectivity index is 2.37. The molecule has 102 valence electrons. The molecule has 1 amide bonds. The van der Waals surface area contributed by atoms with E-state index in [9.17, 15) is 14.9 Å². The van der Waals surface area contributed by atoms with Crippen LogP contribution in [0, 0.1) is 15.5 Å². The summed E-state index contributed by atoms with van der Waals surface area (Å²) in [5.41, 5.74) is 5.02. The molecule has 0 aliphatic carbocycles. The molecular formula is C12H14ClN3O3. The van der Waals surface area contributed by atoms with Crippen molar-refractivity contribution >= 4 is 28.9 Å². The molecule has 1 unspecified atom stereocenters. The minimum Gasteiger partial charge on any atom is -0.369 e. The van der Waals surface area contributed by atoms with Crippen LogP contribution in [0.2, 0.25) is 5.02 Å². The molecule has 7 heteroatoms. The van der Waals surface area contributed by atoms with Crippen LogP contribution in [-0.4, -0.2) is 23.9 Å². The minimum absolute atomic E-state index is 0.0928. The number of carbonyl (C=O) groups is 1. The van der Waals surface area contributed by atoms with Gasteiger partial charge in [0.05, 0.1) is 10.3 Å². The number of hydrogen-bond acceptors (Lipinski definition) is 4. The molecule has 0 saturated carbocycles. The van der Waals surface area contributed by atoms with Crippen LogP contribution in [0.25, 0.3) is 0 Å². The molecule has 6 nitrogen and oxygen atoms in total. The van der Waals surface area contributed by atoms with Crippen molar-refractivity contribution in [1.29, 1.82) is 0 Å². The number of halogens is 1. The van der Waals surface area contributed by atoms with Crippen molar-refractivity contribution in [1.82, 2.24) is 0 Å². The maximum Gasteiger partial charge on any atom is 0.310 e. The van der Waals surface area contributed by atoms with E-state index < -0.39 is 10.3 Å². The summed E-state index contributed by atoms with van der Waals surface area (Å²) in [5.74, 6) is -0.389. The van der Waals surface area contributed by atoms with Gasteiger partial charge in [-0.15, -0.1) is 0 Å². The number of nitro benzene ring substituents is 1. The van der Waals surface area contributed by atoms with Crippen LogP contribution in [0.3, 0.4) is 0 Å². The third-order valence-corrected chi connectivity index (χ3v) is 3.86. The van der Waals surface area contributed by atoms with Gasteiger partial charge in [0.25, 0.3) is 0 Å². The van der Waals surface area contributed by atoms with E-state index in [1.807, 2.05) is 0 Å². The van der Waals surface area contributed by atoms with Gasteiger partial charge in [0, 0.05) is 13.1 Å². The average Bonchev–Trinajstić information content (AvgIpc) is 2.72. The van der Waals surface area contributed by atoms with Crippen molar-refractivity contribution < 1.29 is 9.72 Å². The van der Waals surface area contributed by atoms with Gasteiger partial charge in [-0.1, -0.05) is 17.7 Å². The van der Waals surface area contributed by atoms with Gasteiger partial charge >= 0.3 is 5.69 Å². The molecule has 1 fully saturated rings. The maximum atomic E-state index is 11.4. The summed E-state index contributed by atoms with van der Waals surface area (Å²) < 4.78 is 0. The highest BCUT2D eigenvalue weighted by molar-refractivity contribution is 6.33. The molecule has 19 heavy (non-hydrogen) atoms. The van der Waals surface area contributed by atoms with E-state index in [1.165, 1.54) is 6.07 Å². The zero-order valence-electron chi connectivity index (χ0n) is 10.4. The van der Waals surface area contributed by atoms with Crippen LogP contribution >= 0.6 is 11.6 Å². The highest BCUT2D eigenvalue weighted by Crippen LogP contribution is 2.40. The number of primary amides is 1. The number of hydrogen-bond donors (Lipinski definition) is 1. The first-order chi connectivity index (χ1) is 8.85. The van der Waals surface area contributed by atoms with Gasteiger partial charge in [0.2, 0.25) is 5.91 Å². The largest absolute Gasteiger partial charge is 0.369 e. The molecule has 2 N–H and O–H groups in total. The van der Waals surface area contributed by atoms with E-state index in [-0.39, 0.29) is 16.6 Å². The summed E-state index contributed by atoms with van der Waals surface area (Å²) in [6.45, 7) is 2.68. The number of anilines is 1. The first-order valence-electron chi connectivity index (χ1n) is 5.83. The number of rotatable bonds is 3. The van der Waals surface area contributed by atoms with Crippen LogP contribution in [0.5, 0.6) is 0 Å². The highest BCUT2D eigenvalue weighted by atomic mass is 35.5. The lowest BCUT2D eigenvalue weighted by molar-refractivity contribution is -0.384. The molecule has 0 spiro atoms. The van der Waals surface area contributed by atoms with Crippen molar-refractivity contribution in [3.8, 4) is 0 Å². The Bertz CT molecular complexity index is 549. The summed E-state index contributed by atoms with van der Waals surface area (Å²) >= 11 is 5.88. The molecule has 2 rings (SSSR count). The summed E-state index contributed by atoms with van der Waals surface area (Å²) in [6.07, 6.45) is 0.575.